The Labute approximate surface area is 196 Å². The molecule has 1 aromatic heterocycles. The predicted octanol–water partition coefficient (Wildman–Crippen LogP) is 3.80. The van der Waals surface area contributed by atoms with Crippen LogP contribution in [-0.2, 0) is 10.0 Å². The Kier molecular flexibility index (Phi) is 7.46. The average molecular weight is 489 g/mol. The molecule has 0 aliphatic rings. The molecule has 0 aliphatic heterocycles. The van der Waals surface area contributed by atoms with E-state index in [1.165, 1.54) is 43.3 Å². The standard InChI is InChI=1S/C22H24N4O5S2/c1-15-6-11-18(13-19(15)26(28)29)33(30,31)24-17-9-7-16(8-10-17)22(27)23-14-20(25(2)3)21-5-4-12-32-21/h4-13,20,24H,14H2,1-3H3,(H,23,27). The van der Waals surface area contributed by atoms with E-state index >= 15 is 0 Å². The van der Waals surface area contributed by atoms with Crippen LogP contribution in [0.5, 0.6) is 0 Å². The summed E-state index contributed by atoms with van der Waals surface area (Å²) in [6.45, 7) is 1.96. The lowest BCUT2D eigenvalue weighted by Gasteiger charge is -2.23. The molecule has 0 bridgehead atoms. The first-order valence-electron chi connectivity index (χ1n) is 9.94. The molecule has 33 heavy (non-hydrogen) atoms. The normalized spacial score (nSPS) is 12.4. The van der Waals surface area contributed by atoms with Crippen LogP contribution in [0.2, 0.25) is 0 Å². The van der Waals surface area contributed by atoms with Gasteiger partial charge in [0.1, 0.15) is 0 Å². The first-order valence-corrected chi connectivity index (χ1v) is 12.3. The first-order chi connectivity index (χ1) is 15.6. The molecule has 1 unspecified atom stereocenters. The lowest BCUT2D eigenvalue weighted by atomic mass is 10.1. The van der Waals surface area contributed by atoms with Crippen molar-refractivity contribution in [1.82, 2.24) is 10.2 Å². The first kappa shape index (κ1) is 24.4. The molecule has 1 amide bonds. The van der Waals surface area contributed by atoms with Crippen molar-refractivity contribution in [2.75, 3.05) is 25.4 Å². The number of sulfonamides is 1. The van der Waals surface area contributed by atoms with Gasteiger partial charge in [-0.25, -0.2) is 8.42 Å². The van der Waals surface area contributed by atoms with E-state index in [0.717, 1.165) is 10.9 Å². The number of benzene rings is 2. The molecule has 0 spiro atoms. The topological polar surface area (TPSA) is 122 Å². The third-order valence-electron chi connectivity index (χ3n) is 5.04. The van der Waals surface area contributed by atoms with Crippen molar-refractivity contribution < 1.29 is 18.1 Å². The molecule has 2 N–H and O–H groups in total. The van der Waals surface area contributed by atoms with Crippen LogP contribution in [-0.4, -0.2) is 44.8 Å². The number of aryl methyl sites for hydroxylation is 1. The predicted molar refractivity (Wildman–Crippen MR) is 128 cm³/mol. The highest BCUT2D eigenvalue weighted by atomic mass is 32.2. The van der Waals surface area contributed by atoms with Crippen LogP contribution < -0.4 is 10.0 Å². The third-order valence-corrected chi connectivity index (χ3v) is 7.39. The quantitative estimate of drug-likeness (QED) is 0.349. The van der Waals surface area contributed by atoms with Crippen LogP contribution in [0, 0.1) is 17.0 Å². The Hall–Kier alpha value is -3.28. The summed E-state index contributed by atoms with van der Waals surface area (Å²) in [4.78, 5) is 26.0. The highest BCUT2D eigenvalue weighted by Gasteiger charge is 2.20. The molecular weight excluding hydrogens is 464 g/mol. The van der Waals surface area contributed by atoms with Crippen molar-refractivity contribution in [3.63, 3.8) is 0 Å². The van der Waals surface area contributed by atoms with E-state index in [9.17, 15) is 23.3 Å². The summed E-state index contributed by atoms with van der Waals surface area (Å²) in [5, 5.41) is 16.0. The second-order valence-corrected chi connectivity index (χ2v) is 10.3. The Morgan fingerprint density at radius 2 is 1.85 bits per heavy atom. The summed E-state index contributed by atoms with van der Waals surface area (Å²) in [7, 11) is -0.146. The highest BCUT2D eigenvalue weighted by Crippen LogP contribution is 2.25. The van der Waals surface area contributed by atoms with E-state index in [1.54, 1.807) is 11.3 Å². The van der Waals surface area contributed by atoms with E-state index in [4.69, 9.17) is 0 Å². The third kappa shape index (κ3) is 5.95. The number of nitro groups is 1. The van der Waals surface area contributed by atoms with Gasteiger partial charge in [0, 0.05) is 34.3 Å². The second-order valence-electron chi connectivity index (χ2n) is 7.59. The van der Waals surface area contributed by atoms with Gasteiger partial charge in [0.25, 0.3) is 21.6 Å². The summed E-state index contributed by atoms with van der Waals surface area (Å²) in [5.74, 6) is -0.276. The van der Waals surface area contributed by atoms with Crippen LogP contribution >= 0.6 is 11.3 Å². The number of thiophene rings is 1. The Morgan fingerprint density at radius 1 is 1.15 bits per heavy atom. The smallest absolute Gasteiger partial charge is 0.273 e. The van der Waals surface area contributed by atoms with E-state index < -0.39 is 14.9 Å². The molecule has 0 fully saturated rings. The number of nitrogens with zero attached hydrogens (tertiary/aromatic N) is 2. The number of hydrogen-bond donors (Lipinski definition) is 2. The fourth-order valence-electron chi connectivity index (χ4n) is 3.17. The highest BCUT2D eigenvalue weighted by molar-refractivity contribution is 7.92. The van der Waals surface area contributed by atoms with Gasteiger partial charge in [-0.3, -0.25) is 19.6 Å². The molecule has 0 radical (unpaired) electrons. The molecule has 3 aromatic rings. The molecule has 11 heteroatoms. The lowest BCUT2D eigenvalue weighted by molar-refractivity contribution is -0.385. The Balaban J connectivity index is 1.68. The fraction of sp³-hybridized carbons (Fsp3) is 0.227. The van der Waals surface area contributed by atoms with Crippen molar-refractivity contribution in [3.8, 4) is 0 Å². The minimum Gasteiger partial charge on any atom is -0.350 e. The molecule has 2 aromatic carbocycles. The second kappa shape index (κ2) is 10.1. The largest absolute Gasteiger partial charge is 0.350 e. The summed E-state index contributed by atoms with van der Waals surface area (Å²) in [6.07, 6.45) is 0. The zero-order valence-electron chi connectivity index (χ0n) is 18.3. The molecule has 0 saturated carbocycles. The lowest BCUT2D eigenvalue weighted by Crippen LogP contribution is -2.34. The van der Waals surface area contributed by atoms with Crippen molar-refractivity contribution in [2.24, 2.45) is 0 Å². The summed E-state index contributed by atoms with van der Waals surface area (Å²) >= 11 is 1.62. The van der Waals surface area contributed by atoms with Gasteiger partial charge < -0.3 is 10.2 Å². The van der Waals surface area contributed by atoms with Crippen LogP contribution in [0.1, 0.15) is 26.8 Å². The van der Waals surface area contributed by atoms with E-state index in [2.05, 4.69) is 10.0 Å². The maximum atomic E-state index is 12.6. The zero-order valence-corrected chi connectivity index (χ0v) is 19.9. The van der Waals surface area contributed by atoms with Crippen LogP contribution in [0.25, 0.3) is 0 Å². The summed E-state index contributed by atoms with van der Waals surface area (Å²) < 4.78 is 27.7. The molecule has 1 atom stereocenters. The summed E-state index contributed by atoms with van der Waals surface area (Å²) in [6, 6.07) is 13.7. The molecule has 1 heterocycles. The number of hydrogen-bond acceptors (Lipinski definition) is 7. The molecular formula is C22H24N4O5S2. The van der Waals surface area contributed by atoms with Gasteiger partial charge in [-0.2, -0.15) is 0 Å². The number of rotatable bonds is 9. The van der Waals surface area contributed by atoms with Crippen molar-refractivity contribution >= 4 is 38.6 Å². The molecule has 0 aliphatic carbocycles. The minimum atomic E-state index is -4.03. The van der Waals surface area contributed by atoms with Gasteiger partial charge in [0.15, 0.2) is 0 Å². The van der Waals surface area contributed by atoms with Crippen molar-refractivity contribution in [2.45, 2.75) is 17.9 Å². The number of carbonyl (C=O) groups excluding carboxylic acids is 1. The van der Waals surface area contributed by atoms with Gasteiger partial charge in [-0.1, -0.05) is 12.1 Å². The van der Waals surface area contributed by atoms with Crippen LogP contribution in [0.3, 0.4) is 0 Å². The molecule has 9 nitrogen and oxygen atoms in total. The zero-order chi connectivity index (χ0) is 24.2. The SMILES string of the molecule is Cc1ccc(S(=O)(=O)Nc2ccc(C(=O)NCC(c3cccs3)N(C)C)cc2)cc1[N+](=O)[O-]. The monoisotopic (exact) mass is 488 g/mol. The molecule has 0 saturated heterocycles. The van der Waals surface area contributed by atoms with Gasteiger partial charge in [0.2, 0.25) is 0 Å². The molecule has 174 valence electrons. The Morgan fingerprint density at radius 3 is 2.42 bits per heavy atom. The minimum absolute atomic E-state index is 0.0404. The van der Waals surface area contributed by atoms with E-state index in [0.29, 0.717) is 17.7 Å². The van der Waals surface area contributed by atoms with Crippen molar-refractivity contribution in [1.29, 1.82) is 0 Å². The number of likely N-dealkylation sites (N-methyl/N-ethyl adjacent to an activating group) is 1. The maximum Gasteiger partial charge on any atom is 0.273 e. The van der Waals surface area contributed by atoms with Gasteiger partial charge in [-0.15, -0.1) is 11.3 Å². The van der Waals surface area contributed by atoms with Gasteiger partial charge in [-0.05, 0) is 62.8 Å². The number of amides is 1. The van der Waals surface area contributed by atoms with E-state index in [1.807, 2.05) is 36.5 Å². The van der Waals surface area contributed by atoms with Crippen LogP contribution in [0.4, 0.5) is 11.4 Å². The van der Waals surface area contributed by atoms with Gasteiger partial charge in [0.05, 0.1) is 15.9 Å². The van der Waals surface area contributed by atoms with Crippen LogP contribution in [0.15, 0.2) is 64.9 Å². The Bertz CT molecular complexity index is 1240. The maximum absolute atomic E-state index is 12.6. The summed E-state index contributed by atoms with van der Waals surface area (Å²) in [5.41, 5.74) is 0.709. The van der Waals surface area contributed by atoms with Gasteiger partial charge >= 0.3 is 0 Å². The number of nitro benzene ring substituents is 1. The molecule has 3 rings (SSSR count). The number of carbonyl (C=O) groups is 1. The number of anilines is 1. The number of nitrogens with one attached hydrogen (secondary N) is 2. The fourth-order valence-corrected chi connectivity index (χ4v) is 5.17. The van der Waals surface area contributed by atoms with E-state index in [-0.39, 0.29) is 28.2 Å². The average Bonchev–Trinajstić information content (AvgIpc) is 3.28. The van der Waals surface area contributed by atoms with Crippen molar-refractivity contribution in [3.05, 3.63) is 86.1 Å².